The van der Waals surface area contributed by atoms with Crippen LogP contribution in [0.2, 0.25) is 10.0 Å². The maximum absolute atomic E-state index is 9.80. The van der Waals surface area contributed by atoms with Crippen molar-refractivity contribution in [1.29, 1.82) is 0 Å². The fourth-order valence-corrected chi connectivity index (χ4v) is 5.67. The molecule has 0 aliphatic carbocycles. The lowest BCUT2D eigenvalue weighted by Gasteiger charge is -2.33. The van der Waals surface area contributed by atoms with Crippen LogP contribution in [-0.4, -0.2) is 88.5 Å². The molecule has 0 spiro atoms. The SMILES string of the molecule is CC.COCCN(CCCOc1ccc(C2c3[nH]c4ccc(Cl)cc4c3CCN2C)cc1)CCOC.O=COc1ccc(Cl)cc1. The van der Waals surface area contributed by atoms with Crippen LogP contribution in [0.1, 0.15) is 43.1 Å². The van der Waals surface area contributed by atoms with Crippen molar-refractivity contribution in [2.45, 2.75) is 32.7 Å². The van der Waals surface area contributed by atoms with Gasteiger partial charge in [-0.1, -0.05) is 49.2 Å². The summed E-state index contributed by atoms with van der Waals surface area (Å²) in [5.74, 6) is 1.41. The van der Waals surface area contributed by atoms with Crippen LogP contribution in [0.3, 0.4) is 0 Å². The number of halogens is 2. The molecule has 1 N–H and O–H groups in total. The van der Waals surface area contributed by atoms with E-state index >= 15 is 0 Å². The molecule has 0 fully saturated rings. The standard InChI is InChI=1S/C27H36ClN3O3.C7H5ClO2.C2H6/c1-30-13-11-23-24-19-21(28)7-10-25(24)29-26(23)27(30)20-5-8-22(9-6-20)34-16-4-12-31(14-17-32-2)15-18-33-3;8-6-1-3-7(4-2-6)10-5-9;1-2/h5-10,19,27,29H,4,11-18H2,1-3H3;1-5H;1-2H3. The third-order valence-electron chi connectivity index (χ3n) is 7.63. The zero-order valence-electron chi connectivity index (χ0n) is 27.6. The molecule has 8 nitrogen and oxygen atoms in total. The van der Waals surface area contributed by atoms with Crippen molar-refractivity contribution in [2.24, 2.45) is 0 Å². The van der Waals surface area contributed by atoms with Crippen LogP contribution in [0.25, 0.3) is 10.9 Å². The van der Waals surface area contributed by atoms with Gasteiger partial charge in [0.2, 0.25) is 0 Å². The molecule has 250 valence electrons. The molecule has 10 heteroatoms. The summed E-state index contributed by atoms with van der Waals surface area (Å²) in [4.78, 5) is 18.2. The lowest BCUT2D eigenvalue weighted by atomic mass is 9.93. The largest absolute Gasteiger partial charge is 0.494 e. The minimum Gasteiger partial charge on any atom is -0.494 e. The number of aromatic nitrogens is 1. The molecule has 0 saturated carbocycles. The summed E-state index contributed by atoms with van der Waals surface area (Å²) in [6.07, 6.45) is 1.98. The number of carbonyl (C=O) groups excluding carboxylic acids is 1. The van der Waals surface area contributed by atoms with E-state index in [9.17, 15) is 4.79 Å². The Labute approximate surface area is 283 Å². The van der Waals surface area contributed by atoms with E-state index in [2.05, 4.69) is 63.0 Å². The first-order chi connectivity index (χ1) is 22.4. The maximum Gasteiger partial charge on any atom is 0.298 e. The Morgan fingerprint density at radius 3 is 2.13 bits per heavy atom. The van der Waals surface area contributed by atoms with Gasteiger partial charge >= 0.3 is 0 Å². The number of ether oxygens (including phenoxy) is 4. The molecule has 46 heavy (non-hydrogen) atoms. The van der Waals surface area contributed by atoms with Crippen molar-refractivity contribution in [2.75, 3.05) is 67.3 Å². The van der Waals surface area contributed by atoms with Gasteiger partial charge in [-0.15, -0.1) is 0 Å². The summed E-state index contributed by atoms with van der Waals surface area (Å²) in [6, 6.07) is 21.4. The average molecular weight is 673 g/mol. The second-order valence-corrected chi connectivity index (χ2v) is 11.5. The Bertz CT molecular complexity index is 1440. The van der Waals surface area contributed by atoms with Gasteiger partial charge in [0.25, 0.3) is 6.47 Å². The summed E-state index contributed by atoms with van der Waals surface area (Å²) in [5, 5.41) is 2.65. The molecule has 0 bridgehead atoms. The number of rotatable bonds is 14. The van der Waals surface area contributed by atoms with E-state index in [0.717, 1.165) is 68.5 Å². The third kappa shape index (κ3) is 11.0. The van der Waals surface area contributed by atoms with Crippen LogP contribution < -0.4 is 9.47 Å². The Morgan fingerprint density at radius 1 is 0.870 bits per heavy atom. The highest BCUT2D eigenvalue weighted by Crippen LogP contribution is 2.38. The number of carbonyl (C=O) groups is 1. The highest BCUT2D eigenvalue weighted by Gasteiger charge is 2.29. The summed E-state index contributed by atoms with van der Waals surface area (Å²) in [5.41, 5.74) is 5.07. The van der Waals surface area contributed by atoms with Gasteiger partial charge in [0.1, 0.15) is 11.5 Å². The number of nitrogens with one attached hydrogen (secondary N) is 1. The number of nitrogens with zero attached hydrogens (tertiary/aromatic N) is 2. The van der Waals surface area contributed by atoms with Crippen molar-refractivity contribution in [1.82, 2.24) is 14.8 Å². The Hall–Kier alpha value is -3.11. The van der Waals surface area contributed by atoms with Gasteiger partial charge in [-0.3, -0.25) is 14.6 Å². The second-order valence-electron chi connectivity index (χ2n) is 10.6. The van der Waals surface area contributed by atoms with Gasteiger partial charge in [0.05, 0.1) is 25.9 Å². The molecule has 3 aromatic carbocycles. The van der Waals surface area contributed by atoms with Crippen LogP contribution in [0, 0.1) is 0 Å². The number of likely N-dealkylation sites (N-methyl/N-ethyl adjacent to an activating group) is 1. The first-order valence-corrected chi connectivity index (χ1v) is 16.5. The highest BCUT2D eigenvalue weighted by molar-refractivity contribution is 6.31. The number of methoxy groups -OCH3 is 2. The maximum atomic E-state index is 9.80. The van der Waals surface area contributed by atoms with E-state index in [0.29, 0.717) is 23.9 Å². The smallest absolute Gasteiger partial charge is 0.298 e. The molecule has 1 aromatic heterocycles. The molecule has 0 saturated heterocycles. The van der Waals surface area contributed by atoms with E-state index in [4.69, 9.17) is 37.4 Å². The molecule has 0 amide bonds. The zero-order chi connectivity index (χ0) is 33.3. The molecular formula is C36H47Cl2N3O5. The minimum absolute atomic E-state index is 0.194. The van der Waals surface area contributed by atoms with Gasteiger partial charge in [0.15, 0.2) is 0 Å². The van der Waals surface area contributed by atoms with Crippen molar-refractivity contribution in [3.63, 3.8) is 0 Å². The lowest BCUT2D eigenvalue weighted by molar-refractivity contribution is -0.120. The molecule has 1 unspecified atom stereocenters. The molecular weight excluding hydrogens is 625 g/mol. The van der Waals surface area contributed by atoms with E-state index in [1.807, 2.05) is 19.9 Å². The zero-order valence-corrected chi connectivity index (χ0v) is 29.1. The number of H-pyrrole nitrogens is 1. The van der Waals surface area contributed by atoms with E-state index in [1.165, 1.54) is 22.2 Å². The van der Waals surface area contributed by atoms with E-state index in [-0.39, 0.29) is 6.04 Å². The van der Waals surface area contributed by atoms with Crippen LogP contribution >= 0.6 is 23.2 Å². The van der Waals surface area contributed by atoms with Gasteiger partial charge < -0.3 is 23.9 Å². The van der Waals surface area contributed by atoms with Crippen LogP contribution in [0.15, 0.2) is 66.7 Å². The Balaban J connectivity index is 0.000000406. The number of aromatic amines is 1. The lowest BCUT2D eigenvalue weighted by Crippen LogP contribution is -2.32. The van der Waals surface area contributed by atoms with Crippen molar-refractivity contribution >= 4 is 40.6 Å². The van der Waals surface area contributed by atoms with Crippen LogP contribution in [0.4, 0.5) is 0 Å². The van der Waals surface area contributed by atoms with E-state index in [1.54, 1.807) is 38.5 Å². The molecule has 1 aliphatic rings. The first-order valence-electron chi connectivity index (χ1n) is 15.7. The summed E-state index contributed by atoms with van der Waals surface area (Å²) in [6.45, 7) is 10.3. The fourth-order valence-electron chi connectivity index (χ4n) is 5.37. The summed E-state index contributed by atoms with van der Waals surface area (Å²) >= 11 is 11.8. The van der Waals surface area contributed by atoms with Gasteiger partial charge in [-0.05, 0) is 85.6 Å². The summed E-state index contributed by atoms with van der Waals surface area (Å²) < 4.78 is 21.0. The predicted molar refractivity (Wildman–Crippen MR) is 188 cm³/mol. The monoisotopic (exact) mass is 671 g/mol. The molecule has 5 rings (SSSR count). The number of hydrogen-bond acceptors (Lipinski definition) is 7. The van der Waals surface area contributed by atoms with Gasteiger partial charge in [0, 0.05) is 67.0 Å². The second kappa shape index (κ2) is 20.2. The third-order valence-corrected chi connectivity index (χ3v) is 8.12. The molecule has 1 aliphatic heterocycles. The molecule has 1 atom stereocenters. The Morgan fingerprint density at radius 2 is 1.50 bits per heavy atom. The number of hydrogen-bond donors (Lipinski definition) is 1. The van der Waals surface area contributed by atoms with E-state index < -0.39 is 0 Å². The fraction of sp³-hybridized carbons (Fsp3) is 0.417. The molecule has 4 aromatic rings. The number of fused-ring (bicyclic) bond motifs is 3. The molecule has 2 heterocycles. The van der Waals surface area contributed by atoms with Crippen LogP contribution in [0.5, 0.6) is 11.5 Å². The normalized spacial score (nSPS) is 14.1. The number of benzene rings is 3. The topological polar surface area (TPSA) is 76.3 Å². The van der Waals surface area contributed by atoms with Gasteiger partial charge in [-0.2, -0.15) is 0 Å². The minimum atomic E-state index is 0.194. The first kappa shape index (κ1) is 37.3. The van der Waals surface area contributed by atoms with Crippen molar-refractivity contribution in [3.8, 4) is 11.5 Å². The quantitative estimate of drug-likeness (QED) is 0.109. The van der Waals surface area contributed by atoms with Crippen molar-refractivity contribution < 1.29 is 23.7 Å². The Kier molecular flexibility index (Phi) is 16.4. The molecule has 0 radical (unpaired) electrons. The van der Waals surface area contributed by atoms with Crippen molar-refractivity contribution in [3.05, 3.63) is 93.6 Å². The average Bonchev–Trinajstić information content (AvgIpc) is 3.44. The van der Waals surface area contributed by atoms with Crippen LogP contribution in [-0.2, 0) is 20.7 Å². The summed E-state index contributed by atoms with van der Waals surface area (Å²) in [7, 11) is 5.66. The van der Waals surface area contributed by atoms with Gasteiger partial charge in [-0.25, -0.2) is 0 Å². The highest BCUT2D eigenvalue weighted by atomic mass is 35.5. The predicted octanol–water partition coefficient (Wildman–Crippen LogP) is 7.66.